The van der Waals surface area contributed by atoms with Crippen LogP contribution < -0.4 is 10.5 Å². The largest absolute Gasteiger partial charge is 0.492 e. The van der Waals surface area contributed by atoms with E-state index in [0.717, 1.165) is 30.9 Å². The topological polar surface area (TPSA) is 65.6 Å². The molecule has 0 amide bonds. The van der Waals surface area contributed by atoms with Crippen LogP contribution in [-0.2, 0) is 0 Å². The Morgan fingerprint density at radius 2 is 2.00 bits per heavy atom. The van der Waals surface area contributed by atoms with E-state index in [1.165, 1.54) is 0 Å². The van der Waals surface area contributed by atoms with Crippen LogP contribution in [0.4, 0.5) is 0 Å². The van der Waals surface area contributed by atoms with Crippen LogP contribution in [0.25, 0.3) is 0 Å². The van der Waals surface area contributed by atoms with Gasteiger partial charge in [0.25, 0.3) is 0 Å². The minimum atomic E-state index is 0.0855. The standard InChI is InChI=1S/C16H26N4O/c1-12-10-20(11-15(12)19(2)3)8-9-21-14-6-4-13(5-7-14)16(17)18/h4-7,12,15H,8-11H2,1-3H3,(H3,17,18). The number of ether oxygens (including phenoxy) is 1. The van der Waals surface area contributed by atoms with Gasteiger partial charge in [-0.15, -0.1) is 0 Å². The molecule has 1 aliphatic rings. The number of likely N-dealkylation sites (N-methyl/N-ethyl adjacent to an activating group) is 1. The molecule has 2 unspecified atom stereocenters. The van der Waals surface area contributed by atoms with Gasteiger partial charge in [0.15, 0.2) is 0 Å². The highest BCUT2D eigenvalue weighted by Crippen LogP contribution is 2.19. The molecule has 0 bridgehead atoms. The van der Waals surface area contributed by atoms with Crippen molar-refractivity contribution in [3.05, 3.63) is 29.8 Å². The summed E-state index contributed by atoms with van der Waals surface area (Å²) in [6, 6.07) is 8.01. The Labute approximate surface area is 127 Å². The maximum atomic E-state index is 7.36. The van der Waals surface area contributed by atoms with Crippen LogP contribution in [0.3, 0.4) is 0 Å². The zero-order valence-corrected chi connectivity index (χ0v) is 13.2. The molecule has 2 rings (SSSR count). The lowest BCUT2D eigenvalue weighted by Crippen LogP contribution is -2.35. The van der Waals surface area contributed by atoms with Crippen molar-refractivity contribution in [3.63, 3.8) is 0 Å². The highest BCUT2D eigenvalue weighted by atomic mass is 16.5. The molecule has 1 aromatic carbocycles. The first-order valence-corrected chi connectivity index (χ1v) is 7.43. The second-order valence-corrected chi connectivity index (χ2v) is 6.05. The van der Waals surface area contributed by atoms with Crippen molar-refractivity contribution in [1.82, 2.24) is 9.80 Å². The molecule has 1 fully saturated rings. The molecule has 21 heavy (non-hydrogen) atoms. The van der Waals surface area contributed by atoms with Gasteiger partial charge in [-0.1, -0.05) is 6.92 Å². The number of nitrogens with two attached hydrogens (primary N) is 1. The van der Waals surface area contributed by atoms with Crippen molar-refractivity contribution in [2.45, 2.75) is 13.0 Å². The Balaban J connectivity index is 1.76. The first-order valence-electron chi connectivity index (χ1n) is 7.43. The van der Waals surface area contributed by atoms with E-state index >= 15 is 0 Å². The summed E-state index contributed by atoms with van der Waals surface area (Å²) in [7, 11) is 4.30. The molecule has 0 aromatic heterocycles. The van der Waals surface area contributed by atoms with Crippen molar-refractivity contribution >= 4 is 5.84 Å². The van der Waals surface area contributed by atoms with E-state index in [0.29, 0.717) is 18.6 Å². The van der Waals surface area contributed by atoms with Crippen molar-refractivity contribution in [2.75, 3.05) is 40.3 Å². The molecule has 0 spiro atoms. The molecule has 116 valence electrons. The molecule has 0 saturated carbocycles. The normalized spacial score (nSPS) is 22.7. The third kappa shape index (κ3) is 4.19. The smallest absolute Gasteiger partial charge is 0.122 e. The van der Waals surface area contributed by atoms with Gasteiger partial charge in [-0.05, 0) is 44.3 Å². The fourth-order valence-electron chi connectivity index (χ4n) is 2.93. The van der Waals surface area contributed by atoms with Gasteiger partial charge in [-0.3, -0.25) is 10.3 Å². The van der Waals surface area contributed by atoms with Crippen LogP contribution >= 0.6 is 0 Å². The molecule has 0 radical (unpaired) electrons. The van der Waals surface area contributed by atoms with Crippen LogP contribution in [0, 0.1) is 11.3 Å². The number of nitrogen functional groups attached to an aromatic ring is 1. The molecule has 1 heterocycles. The summed E-state index contributed by atoms with van der Waals surface area (Å²) < 4.78 is 5.77. The summed E-state index contributed by atoms with van der Waals surface area (Å²) in [6.45, 7) is 6.19. The average molecular weight is 290 g/mol. The highest BCUT2D eigenvalue weighted by Gasteiger charge is 2.30. The zero-order valence-electron chi connectivity index (χ0n) is 13.2. The molecule has 2 atom stereocenters. The second-order valence-electron chi connectivity index (χ2n) is 6.05. The lowest BCUT2D eigenvalue weighted by molar-refractivity contribution is 0.220. The lowest BCUT2D eigenvalue weighted by atomic mass is 10.1. The fourth-order valence-corrected chi connectivity index (χ4v) is 2.93. The van der Waals surface area contributed by atoms with E-state index in [4.69, 9.17) is 15.9 Å². The summed E-state index contributed by atoms with van der Waals surface area (Å²) in [5, 5.41) is 7.36. The quantitative estimate of drug-likeness (QED) is 0.611. The number of benzene rings is 1. The number of amidine groups is 1. The maximum absolute atomic E-state index is 7.36. The summed E-state index contributed by atoms with van der Waals surface area (Å²) in [5.41, 5.74) is 6.16. The Morgan fingerprint density at radius 3 is 2.52 bits per heavy atom. The monoisotopic (exact) mass is 290 g/mol. The number of nitrogens with zero attached hydrogens (tertiary/aromatic N) is 2. The van der Waals surface area contributed by atoms with Crippen molar-refractivity contribution in [2.24, 2.45) is 11.7 Å². The summed E-state index contributed by atoms with van der Waals surface area (Å²) in [6.07, 6.45) is 0. The van der Waals surface area contributed by atoms with E-state index in [-0.39, 0.29) is 5.84 Å². The summed E-state index contributed by atoms with van der Waals surface area (Å²) in [4.78, 5) is 4.77. The van der Waals surface area contributed by atoms with Crippen LogP contribution in [0.5, 0.6) is 5.75 Å². The van der Waals surface area contributed by atoms with Crippen molar-refractivity contribution < 1.29 is 4.74 Å². The minimum absolute atomic E-state index is 0.0855. The second kappa shape index (κ2) is 6.91. The van der Waals surface area contributed by atoms with Crippen LogP contribution in [0.15, 0.2) is 24.3 Å². The van der Waals surface area contributed by atoms with Gasteiger partial charge >= 0.3 is 0 Å². The minimum Gasteiger partial charge on any atom is -0.492 e. The fraction of sp³-hybridized carbons (Fsp3) is 0.562. The molecular formula is C16H26N4O. The van der Waals surface area contributed by atoms with E-state index in [9.17, 15) is 0 Å². The predicted molar refractivity (Wildman–Crippen MR) is 86.0 cm³/mol. The summed E-state index contributed by atoms with van der Waals surface area (Å²) >= 11 is 0. The van der Waals surface area contributed by atoms with Crippen LogP contribution in [-0.4, -0.2) is 62.0 Å². The van der Waals surface area contributed by atoms with Gasteiger partial charge in [0.2, 0.25) is 0 Å². The molecule has 5 nitrogen and oxygen atoms in total. The Morgan fingerprint density at radius 1 is 1.33 bits per heavy atom. The van der Waals surface area contributed by atoms with Crippen LogP contribution in [0.2, 0.25) is 0 Å². The van der Waals surface area contributed by atoms with E-state index < -0.39 is 0 Å². The molecule has 1 saturated heterocycles. The highest BCUT2D eigenvalue weighted by molar-refractivity contribution is 5.94. The maximum Gasteiger partial charge on any atom is 0.122 e. The lowest BCUT2D eigenvalue weighted by Gasteiger charge is -2.22. The Kier molecular flexibility index (Phi) is 5.20. The van der Waals surface area contributed by atoms with Crippen LogP contribution in [0.1, 0.15) is 12.5 Å². The van der Waals surface area contributed by atoms with Crippen molar-refractivity contribution in [1.29, 1.82) is 5.41 Å². The van der Waals surface area contributed by atoms with Gasteiger partial charge in [0.1, 0.15) is 18.2 Å². The number of hydrogen-bond donors (Lipinski definition) is 2. The zero-order chi connectivity index (χ0) is 15.4. The summed E-state index contributed by atoms with van der Waals surface area (Å²) in [5.74, 6) is 1.62. The van der Waals surface area contributed by atoms with Gasteiger partial charge < -0.3 is 15.4 Å². The Hall–Kier alpha value is -1.59. The van der Waals surface area contributed by atoms with Gasteiger partial charge in [0.05, 0.1) is 0 Å². The molecule has 3 N–H and O–H groups in total. The average Bonchev–Trinajstić information content (AvgIpc) is 2.80. The number of hydrogen-bond acceptors (Lipinski definition) is 4. The van der Waals surface area contributed by atoms with Crippen molar-refractivity contribution in [3.8, 4) is 5.75 Å². The van der Waals surface area contributed by atoms with Gasteiger partial charge in [-0.25, -0.2) is 0 Å². The number of likely N-dealkylation sites (tertiary alicyclic amines) is 1. The third-order valence-corrected chi connectivity index (χ3v) is 4.15. The first-order chi connectivity index (χ1) is 9.97. The van der Waals surface area contributed by atoms with E-state index in [1.807, 2.05) is 24.3 Å². The Bertz CT molecular complexity index is 472. The third-order valence-electron chi connectivity index (χ3n) is 4.15. The molecular weight excluding hydrogens is 264 g/mol. The van der Waals surface area contributed by atoms with Gasteiger partial charge in [0, 0.05) is 31.2 Å². The predicted octanol–water partition coefficient (Wildman–Crippen LogP) is 1.23. The first kappa shape index (κ1) is 15.8. The van der Waals surface area contributed by atoms with E-state index in [2.05, 4.69) is 30.8 Å². The molecule has 5 heteroatoms. The molecule has 1 aliphatic heterocycles. The van der Waals surface area contributed by atoms with Gasteiger partial charge in [-0.2, -0.15) is 0 Å². The molecule has 1 aromatic rings. The number of rotatable bonds is 6. The van der Waals surface area contributed by atoms with E-state index in [1.54, 1.807) is 0 Å². The molecule has 0 aliphatic carbocycles. The number of nitrogens with one attached hydrogen (secondary N) is 1. The SMILES string of the molecule is CC1CN(CCOc2ccc(C(=N)N)cc2)CC1N(C)C.